The van der Waals surface area contributed by atoms with Crippen LogP contribution in [0.2, 0.25) is 10.0 Å². The van der Waals surface area contributed by atoms with Gasteiger partial charge in [0.2, 0.25) is 0 Å². The van der Waals surface area contributed by atoms with E-state index in [9.17, 15) is 17.6 Å². The van der Waals surface area contributed by atoms with Gasteiger partial charge in [0, 0.05) is 24.2 Å². The molecule has 3 N–H and O–H groups in total. The van der Waals surface area contributed by atoms with Crippen molar-refractivity contribution in [2.24, 2.45) is 0 Å². The largest absolute Gasteiger partial charge is 0.489 e. The standard InChI is InChI=1S/C28H28Cl2FN3O5S/c1-28(2,3)39-27(35)32-13-12-17-4-6-18(7-5-17)16-38-19-8-11-24(22(31)14-19)40(36,37)34-23-10-9-20(29)25-21(30)15-33-26(23)25/h4-11,14-15,33-34H,12-13,16H2,1-3H3,(H,32,35). The molecule has 0 saturated carbocycles. The maximum Gasteiger partial charge on any atom is 0.407 e. The second kappa shape index (κ2) is 12.0. The van der Waals surface area contributed by atoms with E-state index in [0.29, 0.717) is 33.9 Å². The maximum atomic E-state index is 14.9. The van der Waals surface area contributed by atoms with Gasteiger partial charge in [-0.1, -0.05) is 47.5 Å². The Labute approximate surface area is 241 Å². The fourth-order valence-corrected chi connectivity index (χ4v) is 5.53. The number of rotatable bonds is 9. The third kappa shape index (κ3) is 7.38. The molecule has 1 amide bonds. The zero-order chi connectivity index (χ0) is 29.1. The molecule has 40 heavy (non-hydrogen) atoms. The van der Waals surface area contributed by atoms with Gasteiger partial charge in [0.05, 0.1) is 21.2 Å². The Hall–Kier alpha value is -3.47. The van der Waals surface area contributed by atoms with Crippen molar-refractivity contribution in [1.82, 2.24) is 10.3 Å². The minimum Gasteiger partial charge on any atom is -0.489 e. The molecule has 0 unspecified atom stereocenters. The van der Waals surface area contributed by atoms with Gasteiger partial charge >= 0.3 is 6.09 Å². The molecular weight excluding hydrogens is 580 g/mol. The molecule has 0 spiro atoms. The Morgan fingerprint density at radius 1 is 1.00 bits per heavy atom. The molecule has 0 fully saturated rings. The van der Waals surface area contributed by atoms with E-state index in [1.165, 1.54) is 24.4 Å². The van der Waals surface area contributed by atoms with Gasteiger partial charge in [-0.3, -0.25) is 4.72 Å². The lowest BCUT2D eigenvalue weighted by atomic mass is 10.1. The summed E-state index contributed by atoms with van der Waals surface area (Å²) < 4.78 is 54.1. The smallest absolute Gasteiger partial charge is 0.407 e. The molecule has 3 aromatic carbocycles. The lowest BCUT2D eigenvalue weighted by Gasteiger charge is -2.19. The van der Waals surface area contributed by atoms with Gasteiger partial charge in [-0.05, 0) is 62.6 Å². The van der Waals surface area contributed by atoms with Gasteiger partial charge in [0.1, 0.15) is 28.7 Å². The number of nitrogens with one attached hydrogen (secondary N) is 3. The van der Waals surface area contributed by atoms with E-state index in [4.69, 9.17) is 32.7 Å². The normalized spacial score (nSPS) is 11.8. The molecule has 0 atom stereocenters. The van der Waals surface area contributed by atoms with Crippen molar-refractivity contribution >= 4 is 55.9 Å². The van der Waals surface area contributed by atoms with E-state index >= 15 is 0 Å². The van der Waals surface area contributed by atoms with Crippen LogP contribution >= 0.6 is 23.2 Å². The number of aromatic nitrogens is 1. The first-order chi connectivity index (χ1) is 18.8. The Morgan fingerprint density at radius 3 is 2.38 bits per heavy atom. The van der Waals surface area contributed by atoms with Crippen LogP contribution in [0.25, 0.3) is 10.9 Å². The number of hydrogen-bond acceptors (Lipinski definition) is 5. The molecule has 0 aliphatic carbocycles. The Kier molecular flexibility index (Phi) is 8.82. The van der Waals surface area contributed by atoms with Crippen LogP contribution in [0.4, 0.5) is 14.9 Å². The number of amides is 1. The Bertz CT molecular complexity index is 1630. The quantitative estimate of drug-likeness (QED) is 0.189. The summed E-state index contributed by atoms with van der Waals surface area (Å²) in [4.78, 5) is 14.1. The predicted octanol–water partition coefficient (Wildman–Crippen LogP) is 7.06. The summed E-state index contributed by atoms with van der Waals surface area (Å²) in [6.07, 6.45) is 1.64. The molecule has 8 nitrogen and oxygen atoms in total. The lowest BCUT2D eigenvalue weighted by molar-refractivity contribution is 0.0528. The van der Waals surface area contributed by atoms with Crippen molar-refractivity contribution in [1.29, 1.82) is 0 Å². The van der Waals surface area contributed by atoms with Crippen LogP contribution in [0.15, 0.2) is 65.7 Å². The second-order valence-corrected chi connectivity index (χ2v) is 12.4. The maximum absolute atomic E-state index is 14.9. The van der Waals surface area contributed by atoms with Gasteiger partial charge in [-0.25, -0.2) is 17.6 Å². The first kappa shape index (κ1) is 29.5. The van der Waals surface area contributed by atoms with Crippen molar-refractivity contribution in [2.45, 2.75) is 44.3 Å². The van der Waals surface area contributed by atoms with E-state index < -0.39 is 32.4 Å². The van der Waals surface area contributed by atoms with Crippen LogP contribution in [0, 0.1) is 5.82 Å². The fraction of sp³-hybridized carbons (Fsp3) is 0.250. The van der Waals surface area contributed by atoms with Gasteiger partial charge in [0.25, 0.3) is 10.0 Å². The molecule has 1 aromatic heterocycles. The van der Waals surface area contributed by atoms with Crippen molar-refractivity contribution < 1.29 is 27.1 Å². The van der Waals surface area contributed by atoms with E-state index in [2.05, 4.69) is 15.0 Å². The summed E-state index contributed by atoms with van der Waals surface area (Å²) in [5.74, 6) is -0.792. The highest BCUT2D eigenvalue weighted by atomic mass is 35.5. The Morgan fingerprint density at radius 2 is 1.70 bits per heavy atom. The van der Waals surface area contributed by atoms with E-state index in [-0.39, 0.29) is 18.0 Å². The number of H-pyrrole nitrogens is 1. The summed E-state index contributed by atoms with van der Waals surface area (Å²) in [6.45, 7) is 5.98. The van der Waals surface area contributed by atoms with E-state index in [1.807, 2.05) is 24.3 Å². The van der Waals surface area contributed by atoms with E-state index in [1.54, 1.807) is 20.8 Å². The fourth-order valence-electron chi connectivity index (χ4n) is 3.83. The van der Waals surface area contributed by atoms with Gasteiger partial charge in [0.15, 0.2) is 0 Å². The number of aromatic amines is 1. The first-order valence-corrected chi connectivity index (χ1v) is 14.5. The topological polar surface area (TPSA) is 110 Å². The number of alkyl carbamates (subject to hydrolysis) is 1. The SMILES string of the molecule is CC(C)(C)OC(=O)NCCc1ccc(COc2ccc(S(=O)(=O)Nc3ccc(Cl)c4c(Cl)c[nH]c34)c(F)c2)cc1. The average Bonchev–Trinajstić information content (AvgIpc) is 3.26. The highest BCUT2D eigenvalue weighted by Gasteiger charge is 2.22. The van der Waals surface area contributed by atoms with Gasteiger partial charge in [-0.2, -0.15) is 0 Å². The summed E-state index contributed by atoms with van der Waals surface area (Å²) in [7, 11) is -4.27. The highest BCUT2D eigenvalue weighted by Crippen LogP contribution is 2.35. The molecule has 0 radical (unpaired) electrons. The predicted molar refractivity (Wildman–Crippen MR) is 154 cm³/mol. The minimum absolute atomic E-state index is 0.149. The summed E-state index contributed by atoms with van der Waals surface area (Å²) in [5.41, 5.74) is 1.84. The molecule has 0 bridgehead atoms. The number of benzene rings is 3. The third-order valence-electron chi connectivity index (χ3n) is 5.68. The zero-order valence-electron chi connectivity index (χ0n) is 22.0. The molecule has 0 saturated heterocycles. The lowest BCUT2D eigenvalue weighted by Crippen LogP contribution is -2.33. The number of carbonyl (C=O) groups excluding carboxylic acids is 1. The number of halogens is 3. The van der Waals surface area contributed by atoms with Crippen LogP contribution in [0.1, 0.15) is 31.9 Å². The van der Waals surface area contributed by atoms with Crippen LogP contribution in [0.5, 0.6) is 5.75 Å². The van der Waals surface area contributed by atoms with Crippen LogP contribution in [-0.2, 0) is 27.8 Å². The van der Waals surface area contributed by atoms with Gasteiger partial charge < -0.3 is 19.8 Å². The summed E-state index contributed by atoms with van der Waals surface area (Å²) in [6, 6.07) is 14.1. The van der Waals surface area contributed by atoms with Crippen molar-refractivity contribution in [3.05, 3.63) is 87.8 Å². The number of sulfonamides is 1. The highest BCUT2D eigenvalue weighted by molar-refractivity contribution is 7.92. The number of ether oxygens (including phenoxy) is 2. The van der Waals surface area contributed by atoms with Crippen LogP contribution in [0.3, 0.4) is 0 Å². The number of anilines is 1. The van der Waals surface area contributed by atoms with Crippen molar-refractivity contribution in [2.75, 3.05) is 11.3 Å². The molecule has 12 heteroatoms. The van der Waals surface area contributed by atoms with E-state index in [0.717, 1.165) is 23.3 Å². The first-order valence-electron chi connectivity index (χ1n) is 12.3. The minimum atomic E-state index is -4.27. The second-order valence-electron chi connectivity index (χ2n) is 9.96. The van der Waals surface area contributed by atoms with Crippen LogP contribution < -0.4 is 14.8 Å². The Balaban J connectivity index is 1.34. The molecule has 1 heterocycles. The molecule has 4 aromatic rings. The number of carbonyl (C=O) groups is 1. The number of fused-ring (bicyclic) bond motifs is 1. The summed E-state index contributed by atoms with van der Waals surface area (Å²) >= 11 is 12.3. The van der Waals surface area contributed by atoms with Gasteiger partial charge in [-0.15, -0.1) is 0 Å². The zero-order valence-corrected chi connectivity index (χ0v) is 24.3. The summed E-state index contributed by atoms with van der Waals surface area (Å²) in [5, 5.41) is 3.85. The average molecular weight is 609 g/mol. The third-order valence-corrected chi connectivity index (χ3v) is 7.70. The monoisotopic (exact) mass is 607 g/mol. The molecule has 0 aliphatic rings. The van der Waals surface area contributed by atoms with Crippen LogP contribution in [-0.4, -0.2) is 31.6 Å². The molecular formula is C28H28Cl2FN3O5S. The molecule has 212 valence electrons. The van der Waals surface area contributed by atoms with Crippen molar-refractivity contribution in [3.63, 3.8) is 0 Å². The molecule has 0 aliphatic heterocycles. The number of hydrogen-bond donors (Lipinski definition) is 3. The van der Waals surface area contributed by atoms with Crippen molar-refractivity contribution in [3.8, 4) is 5.75 Å². The molecule has 4 rings (SSSR count).